The highest BCUT2D eigenvalue weighted by molar-refractivity contribution is 5.85. The molecule has 2 rings (SSSR count). The summed E-state index contributed by atoms with van der Waals surface area (Å²) in [4.78, 5) is 28.2. The highest BCUT2D eigenvalue weighted by Crippen LogP contribution is 2.35. The molecule has 1 aromatic heterocycles. The van der Waals surface area contributed by atoms with Gasteiger partial charge in [-0.3, -0.25) is 4.79 Å². The molecule has 0 aliphatic heterocycles. The van der Waals surface area contributed by atoms with Gasteiger partial charge in [0.05, 0.1) is 24.5 Å². The number of carbonyl (C=O) groups excluding carboxylic acids is 2. The largest absolute Gasteiger partial charge is 0.448 e. The number of hydrogen-bond donors (Lipinski definition) is 3. The van der Waals surface area contributed by atoms with Gasteiger partial charge in [-0.1, -0.05) is 30.3 Å². The van der Waals surface area contributed by atoms with Crippen molar-refractivity contribution < 1.29 is 36.3 Å². The van der Waals surface area contributed by atoms with E-state index in [4.69, 9.17) is 10.5 Å². The molecule has 36 heavy (non-hydrogen) atoms. The predicted molar refractivity (Wildman–Crippen MR) is 119 cm³/mol. The fourth-order valence-corrected chi connectivity index (χ4v) is 3.06. The van der Waals surface area contributed by atoms with Crippen LogP contribution in [-0.2, 0) is 22.0 Å². The standard InChI is InChI=1S/C22H29F5N6O3/c1-20(2,28)18(34)32-16(8-9-21(23,24)15-6-4-3-5-7-15)17-30-14-31-33(17)12-13-36-19(35)29-11-10-22(25,26)27/h3-7,14,16H,8-13,28H2,1-2H3,(H,29,35)(H,32,34)/t16-/m1/s1. The molecule has 0 unspecified atom stereocenters. The normalized spacial score (nSPS) is 13.2. The topological polar surface area (TPSA) is 124 Å². The zero-order valence-corrected chi connectivity index (χ0v) is 19.8. The monoisotopic (exact) mass is 520 g/mol. The van der Waals surface area contributed by atoms with Crippen LogP contribution in [0.3, 0.4) is 0 Å². The lowest BCUT2D eigenvalue weighted by Gasteiger charge is -2.26. The summed E-state index contributed by atoms with van der Waals surface area (Å²) in [6.45, 7) is 1.88. The van der Waals surface area contributed by atoms with E-state index in [0.29, 0.717) is 0 Å². The van der Waals surface area contributed by atoms with Gasteiger partial charge in [-0.25, -0.2) is 23.2 Å². The molecule has 1 aromatic carbocycles. The summed E-state index contributed by atoms with van der Waals surface area (Å²) in [6.07, 6.45) is -6.39. The van der Waals surface area contributed by atoms with Crippen molar-refractivity contribution in [2.75, 3.05) is 13.2 Å². The summed E-state index contributed by atoms with van der Waals surface area (Å²) in [5.74, 6) is -3.67. The Morgan fingerprint density at radius 2 is 1.78 bits per heavy atom. The molecule has 0 radical (unpaired) electrons. The van der Waals surface area contributed by atoms with E-state index in [1.807, 2.05) is 5.32 Å². The molecule has 4 N–H and O–H groups in total. The molecule has 1 atom stereocenters. The zero-order chi connectivity index (χ0) is 27.0. The lowest BCUT2D eigenvalue weighted by Crippen LogP contribution is -2.50. The lowest BCUT2D eigenvalue weighted by atomic mass is 9.99. The van der Waals surface area contributed by atoms with Gasteiger partial charge < -0.3 is 21.1 Å². The van der Waals surface area contributed by atoms with Crippen molar-refractivity contribution in [1.29, 1.82) is 0 Å². The van der Waals surface area contributed by atoms with Crippen LogP contribution in [0.1, 0.15) is 50.5 Å². The number of benzene rings is 1. The maximum Gasteiger partial charge on any atom is 0.407 e. The van der Waals surface area contributed by atoms with E-state index >= 15 is 0 Å². The summed E-state index contributed by atoms with van der Waals surface area (Å²) in [5, 5.41) is 8.56. The third-order valence-electron chi connectivity index (χ3n) is 5.00. The molecule has 0 aliphatic carbocycles. The quantitative estimate of drug-likeness (QED) is 0.369. The molecule has 0 saturated carbocycles. The van der Waals surface area contributed by atoms with Crippen LogP contribution in [0.4, 0.5) is 26.7 Å². The van der Waals surface area contributed by atoms with E-state index in [0.717, 1.165) is 6.33 Å². The lowest BCUT2D eigenvalue weighted by molar-refractivity contribution is -0.133. The van der Waals surface area contributed by atoms with E-state index in [9.17, 15) is 31.5 Å². The number of rotatable bonds is 12. The molecule has 0 fully saturated rings. The first-order chi connectivity index (χ1) is 16.7. The number of carbonyl (C=O) groups is 2. The summed E-state index contributed by atoms with van der Waals surface area (Å²) < 4.78 is 72.1. The van der Waals surface area contributed by atoms with Crippen LogP contribution in [-0.4, -0.2) is 51.6 Å². The van der Waals surface area contributed by atoms with E-state index in [-0.39, 0.29) is 31.0 Å². The van der Waals surface area contributed by atoms with Crippen molar-refractivity contribution in [3.63, 3.8) is 0 Å². The van der Waals surface area contributed by atoms with Gasteiger partial charge in [-0.05, 0) is 20.3 Å². The average molecular weight is 521 g/mol. The number of halogens is 5. The first kappa shape index (κ1) is 28.9. The summed E-state index contributed by atoms with van der Waals surface area (Å²) >= 11 is 0. The van der Waals surface area contributed by atoms with Gasteiger partial charge in [0.15, 0.2) is 0 Å². The minimum Gasteiger partial charge on any atom is -0.448 e. The Balaban J connectivity index is 2.06. The van der Waals surface area contributed by atoms with Crippen molar-refractivity contribution >= 4 is 12.0 Å². The third-order valence-corrected chi connectivity index (χ3v) is 5.00. The van der Waals surface area contributed by atoms with Crippen LogP contribution >= 0.6 is 0 Å². The minimum atomic E-state index is -4.42. The molecular formula is C22H29F5N6O3. The van der Waals surface area contributed by atoms with Crippen LogP contribution in [0.5, 0.6) is 0 Å². The van der Waals surface area contributed by atoms with Crippen molar-refractivity contribution in [2.45, 2.75) is 63.3 Å². The van der Waals surface area contributed by atoms with Gasteiger partial charge >= 0.3 is 12.3 Å². The van der Waals surface area contributed by atoms with E-state index in [1.165, 1.54) is 42.8 Å². The van der Waals surface area contributed by atoms with E-state index < -0.39 is 55.1 Å². The number of ether oxygens (including phenoxy) is 1. The number of aromatic nitrogens is 3. The Morgan fingerprint density at radius 1 is 1.11 bits per heavy atom. The first-order valence-corrected chi connectivity index (χ1v) is 11.1. The van der Waals surface area contributed by atoms with Crippen LogP contribution in [0.2, 0.25) is 0 Å². The average Bonchev–Trinajstić information content (AvgIpc) is 3.24. The Labute approximate surface area is 204 Å². The summed E-state index contributed by atoms with van der Waals surface area (Å²) in [5.41, 5.74) is 4.35. The van der Waals surface area contributed by atoms with Gasteiger partial charge in [0.1, 0.15) is 18.8 Å². The molecule has 0 bridgehead atoms. The molecule has 14 heteroatoms. The Bertz CT molecular complexity index is 992. The molecule has 1 heterocycles. The van der Waals surface area contributed by atoms with Gasteiger partial charge in [0.2, 0.25) is 5.91 Å². The number of alkyl halides is 5. The molecule has 0 saturated heterocycles. The van der Waals surface area contributed by atoms with Gasteiger partial charge in [-0.2, -0.15) is 18.3 Å². The van der Waals surface area contributed by atoms with Crippen molar-refractivity contribution in [3.8, 4) is 0 Å². The van der Waals surface area contributed by atoms with E-state index in [2.05, 4.69) is 15.4 Å². The predicted octanol–water partition coefficient (Wildman–Crippen LogP) is 3.42. The number of nitrogens with one attached hydrogen (secondary N) is 2. The van der Waals surface area contributed by atoms with Crippen LogP contribution in [0.25, 0.3) is 0 Å². The number of alkyl carbamates (subject to hydrolysis) is 1. The van der Waals surface area contributed by atoms with E-state index in [1.54, 1.807) is 6.07 Å². The Hall–Kier alpha value is -3.29. The molecule has 0 spiro atoms. The second kappa shape index (κ2) is 12.1. The number of amides is 2. The first-order valence-electron chi connectivity index (χ1n) is 11.1. The maximum absolute atomic E-state index is 14.8. The smallest absolute Gasteiger partial charge is 0.407 e. The second-order valence-corrected chi connectivity index (χ2v) is 8.63. The van der Waals surface area contributed by atoms with Crippen molar-refractivity contribution in [3.05, 3.63) is 48.0 Å². The van der Waals surface area contributed by atoms with Crippen LogP contribution < -0.4 is 16.4 Å². The zero-order valence-electron chi connectivity index (χ0n) is 19.8. The highest BCUT2D eigenvalue weighted by Gasteiger charge is 2.35. The highest BCUT2D eigenvalue weighted by atomic mass is 19.4. The minimum absolute atomic E-state index is 0.0878. The summed E-state index contributed by atoms with van der Waals surface area (Å²) in [6, 6.07) is 6.21. The van der Waals surface area contributed by atoms with Gasteiger partial charge in [-0.15, -0.1) is 0 Å². The molecule has 0 aliphatic rings. The molecule has 200 valence electrons. The van der Waals surface area contributed by atoms with Gasteiger partial charge in [0, 0.05) is 18.5 Å². The number of hydrogen-bond acceptors (Lipinski definition) is 6. The fourth-order valence-electron chi connectivity index (χ4n) is 3.06. The molecular weight excluding hydrogens is 491 g/mol. The molecule has 2 aromatic rings. The Kier molecular flexibility index (Phi) is 9.73. The third kappa shape index (κ3) is 9.40. The SMILES string of the molecule is CC(C)(N)C(=O)N[C@H](CCC(F)(F)c1ccccc1)c1ncnn1CCOC(=O)NCCC(F)(F)F. The van der Waals surface area contributed by atoms with Crippen molar-refractivity contribution in [2.24, 2.45) is 5.73 Å². The summed E-state index contributed by atoms with van der Waals surface area (Å²) in [7, 11) is 0. The van der Waals surface area contributed by atoms with Crippen molar-refractivity contribution in [1.82, 2.24) is 25.4 Å². The Morgan fingerprint density at radius 3 is 2.39 bits per heavy atom. The molecule has 2 amide bonds. The maximum atomic E-state index is 14.8. The fraction of sp³-hybridized carbons (Fsp3) is 0.545. The second-order valence-electron chi connectivity index (χ2n) is 8.63. The molecule has 9 nitrogen and oxygen atoms in total. The number of nitrogens with zero attached hydrogens (tertiary/aromatic N) is 3. The van der Waals surface area contributed by atoms with Crippen LogP contribution in [0.15, 0.2) is 36.7 Å². The van der Waals surface area contributed by atoms with Gasteiger partial charge in [0.25, 0.3) is 5.92 Å². The number of nitrogens with two attached hydrogens (primary N) is 1. The van der Waals surface area contributed by atoms with Crippen LogP contribution in [0, 0.1) is 0 Å².